The van der Waals surface area contributed by atoms with Crippen LogP contribution >= 0.6 is 0 Å². The molecule has 0 aliphatic heterocycles. The molecule has 0 heterocycles. The van der Waals surface area contributed by atoms with Crippen LogP contribution in [0.25, 0.3) is 0 Å². The van der Waals surface area contributed by atoms with E-state index in [1.54, 1.807) is 0 Å². The summed E-state index contributed by atoms with van der Waals surface area (Å²) in [7, 11) is 0. The zero-order valence-electron chi connectivity index (χ0n) is 10.9. The minimum atomic E-state index is 0.0196. The van der Waals surface area contributed by atoms with Gasteiger partial charge in [-0.05, 0) is 50.7 Å². The molecule has 1 aromatic carbocycles. The Bertz CT molecular complexity index is 409. The van der Waals surface area contributed by atoms with Crippen molar-refractivity contribution < 1.29 is 9.90 Å². The second-order valence-electron chi connectivity index (χ2n) is 5.24. The van der Waals surface area contributed by atoms with Gasteiger partial charge in [-0.2, -0.15) is 0 Å². The highest BCUT2D eigenvalue weighted by atomic mass is 16.3. The topological polar surface area (TPSA) is 49.3 Å². The number of hydrogen-bond donors (Lipinski definition) is 2. The van der Waals surface area contributed by atoms with Gasteiger partial charge in [0.05, 0.1) is 0 Å². The summed E-state index contributed by atoms with van der Waals surface area (Å²) >= 11 is 0. The van der Waals surface area contributed by atoms with Gasteiger partial charge in [0, 0.05) is 18.2 Å². The molecule has 0 saturated heterocycles. The molecule has 1 aliphatic carbocycles. The van der Waals surface area contributed by atoms with E-state index in [1.165, 1.54) is 0 Å². The number of hydrogen-bond acceptors (Lipinski definition) is 2. The fourth-order valence-electron chi connectivity index (χ4n) is 2.54. The van der Waals surface area contributed by atoms with Crippen molar-refractivity contribution in [3.05, 3.63) is 35.4 Å². The lowest BCUT2D eigenvalue weighted by molar-refractivity contribution is 0.0914. The Balaban J connectivity index is 1.89. The Morgan fingerprint density at radius 2 is 2.06 bits per heavy atom. The maximum absolute atomic E-state index is 12.1. The number of nitrogens with one attached hydrogen (secondary N) is 1. The van der Waals surface area contributed by atoms with Gasteiger partial charge in [-0.1, -0.05) is 17.7 Å². The van der Waals surface area contributed by atoms with Crippen molar-refractivity contribution in [3.63, 3.8) is 0 Å². The normalized spacial score (nSPS) is 23.7. The highest BCUT2D eigenvalue weighted by Crippen LogP contribution is 2.23. The third kappa shape index (κ3) is 3.33. The molecule has 1 aliphatic rings. The minimum Gasteiger partial charge on any atom is -0.396 e. The van der Waals surface area contributed by atoms with Gasteiger partial charge in [0.2, 0.25) is 0 Å². The number of carbonyl (C=O) groups is 1. The van der Waals surface area contributed by atoms with Crippen LogP contribution in [0.2, 0.25) is 0 Å². The molecular weight excluding hydrogens is 226 g/mol. The van der Waals surface area contributed by atoms with Crippen molar-refractivity contribution in [2.75, 3.05) is 6.61 Å². The number of amides is 1. The molecule has 0 radical (unpaired) electrons. The van der Waals surface area contributed by atoms with Crippen molar-refractivity contribution in [2.24, 2.45) is 5.92 Å². The van der Waals surface area contributed by atoms with Gasteiger partial charge in [-0.3, -0.25) is 4.79 Å². The van der Waals surface area contributed by atoms with Gasteiger partial charge in [-0.25, -0.2) is 0 Å². The summed E-state index contributed by atoms with van der Waals surface area (Å²) in [6, 6.07) is 7.92. The zero-order chi connectivity index (χ0) is 13.0. The van der Waals surface area contributed by atoms with E-state index in [-0.39, 0.29) is 18.6 Å². The van der Waals surface area contributed by atoms with Crippen LogP contribution in [-0.2, 0) is 0 Å². The number of aliphatic hydroxyl groups is 1. The fourth-order valence-corrected chi connectivity index (χ4v) is 2.54. The van der Waals surface area contributed by atoms with Crippen LogP contribution in [0.1, 0.15) is 41.6 Å². The number of carbonyl (C=O) groups excluding carboxylic acids is 1. The van der Waals surface area contributed by atoms with Gasteiger partial charge in [0.1, 0.15) is 0 Å². The zero-order valence-corrected chi connectivity index (χ0v) is 10.9. The highest BCUT2D eigenvalue weighted by molar-refractivity contribution is 5.94. The fraction of sp³-hybridized carbons (Fsp3) is 0.533. The summed E-state index contributed by atoms with van der Waals surface area (Å²) in [5.74, 6) is 0.447. The summed E-state index contributed by atoms with van der Waals surface area (Å²) in [4.78, 5) is 12.1. The van der Waals surface area contributed by atoms with E-state index in [0.717, 1.165) is 36.8 Å². The van der Waals surface area contributed by atoms with Crippen molar-refractivity contribution in [2.45, 2.75) is 38.6 Å². The molecule has 0 bridgehead atoms. The molecule has 0 spiro atoms. The smallest absolute Gasteiger partial charge is 0.251 e. The molecule has 1 aromatic rings. The van der Waals surface area contributed by atoms with Crippen molar-refractivity contribution >= 4 is 5.91 Å². The third-order valence-corrected chi connectivity index (χ3v) is 3.72. The van der Waals surface area contributed by atoms with Crippen LogP contribution in [0.15, 0.2) is 24.3 Å². The molecule has 1 amide bonds. The second kappa shape index (κ2) is 6.01. The lowest BCUT2D eigenvalue weighted by Gasteiger charge is -2.28. The van der Waals surface area contributed by atoms with E-state index < -0.39 is 0 Å². The van der Waals surface area contributed by atoms with E-state index in [0.29, 0.717) is 5.92 Å². The number of benzene rings is 1. The summed E-state index contributed by atoms with van der Waals surface area (Å²) in [6.07, 6.45) is 3.97. The molecule has 3 nitrogen and oxygen atoms in total. The molecular formula is C15H21NO2. The first-order valence-electron chi connectivity index (χ1n) is 6.67. The van der Waals surface area contributed by atoms with Gasteiger partial charge in [0.15, 0.2) is 0 Å². The Morgan fingerprint density at radius 1 is 1.33 bits per heavy atom. The lowest BCUT2D eigenvalue weighted by Crippen LogP contribution is -2.38. The molecule has 1 saturated carbocycles. The highest BCUT2D eigenvalue weighted by Gasteiger charge is 2.22. The molecule has 18 heavy (non-hydrogen) atoms. The quantitative estimate of drug-likeness (QED) is 0.861. The molecule has 2 N–H and O–H groups in total. The predicted molar refractivity (Wildman–Crippen MR) is 71.5 cm³/mol. The monoisotopic (exact) mass is 247 g/mol. The maximum atomic E-state index is 12.1. The molecule has 98 valence electrons. The van der Waals surface area contributed by atoms with Crippen molar-refractivity contribution in [1.29, 1.82) is 0 Å². The van der Waals surface area contributed by atoms with E-state index in [9.17, 15) is 4.79 Å². The first-order chi connectivity index (χ1) is 8.69. The number of aryl methyl sites for hydroxylation is 1. The van der Waals surface area contributed by atoms with Gasteiger partial charge >= 0.3 is 0 Å². The van der Waals surface area contributed by atoms with Gasteiger partial charge in [-0.15, -0.1) is 0 Å². The second-order valence-corrected chi connectivity index (χ2v) is 5.24. The summed E-state index contributed by atoms with van der Waals surface area (Å²) in [5, 5.41) is 12.2. The van der Waals surface area contributed by atoms with Crippen molar-refractivity contribution in [1.82, 2.24) is 5.32 Å². The first kappa shape index (κ1) is 13.1. The van der Waals surface area contributed by atoms with Crippen LogP contribution in [0.3, 0.4) is 0 Å². The van der Waals surface area contributed by atoms with E-state index >= 15 is 0 Å². The Labute approximate surface area is 108 Å². The number of rotatable bonds is 3. The summed E-state index contributed by atoms with van der Waals surface area (Å²) in [5.41, 5.74) is 1.84. The Hall–Kier alpha value is -1.35. The average Bonchev–Trinajstić information content (AvgIpc) is 2.39. The first-order valence-corrected chi connectivity index (χ1v) is 6.67. The van der Waals surface area contributed by atoms with Gasteiger partial charge in [0.25, 0.3) is 5.91 Å². The van der Waals surface area contributed by atoms with Crippen LogP contribution in [-0.4, -0.2) is 23.7 Å². The van der Waals surface area contributed by atoms with E-state index in [1.807, 2.05) is 31.2 Å². The summed E-state index contributed by atoms with van der Waals surface area (Å²) in [6.45, 7) is 2.27. The standard InChI is InChI=1S/C15H21NO2/c1-11-3-2-4-13(9-11)15(18)16-14-7-5-12(10-17)6-8-14/h2-4,9,12,14,17H,5-8,10H2,1H3,(H,16,18). The average molecular weight is 247 g/mol. The molecule has 0 aromatic heterocycles. The van der Waals surface area contributed by atoms with Crippen LogP contribution in [0, 0.1) is 12.8 Å². The molecule has 3 heteroatoms. The molecule has 0 unspecified atom stereocenters. The SMILES string of the molecule is Cc1cccc(C(=O)NC2CCC(CO)CC2)c1. The lowest BCUT2D eigenvalue weighted by atomic mass is 9.86. The molecule has 1 fully saturated rings. The van der Waals surface area contributed by atoms with Crippen molar-refractivity contribution in [3.8, 4) is 0 Å². The third-order valence-electron chi connectivity index (χ3n) is 3.72. The maximum Gasteiger partial charge on any atom is 0.251 e. The Morgan fingerprint density at radius 3 is 2.67 bits per heavy atom. The van der Waals surface area contributed by atoms with Crippen LogP contribution in [0.4, 0.5) is 0 Å². The van der Waals surface area contributed by atoms with Crippen LogP contribution in [0.5, 0.6) is 0 Å². The Kier molecular flexibility index (Phi) is 4.37. The number of aliphatic hydroxyl groups excluding tert-OH is 1. The summed E-state index contributed by atoms with van der Waals surface area (Å²) < 4.78 is 0. The van der Waals surface area contributed by atoms with Crippen LogP contribution < -0.4 is 5.32 Å². The van der Waals surface area contributed by atoms with Gasteiger partial charge < -0.3 is 10.4 Å². The largest absolute Gasteiger partial charge is 0.396 e. The molecule has 0 atom stereocenters. The predicted octanol–water partition coefficient (Wildman–Crippen LogP) is 2.28. The molecule has 2 rings (SSSR count). The van der Waals surface area contributed by atoms with E-state index in [4.69, 9.17) is 5.11 Å². The van der Waals surface area contributed by atoms with E-state index in [2.05, 4.69) is 5.32 Å². The minimum absolute atomic E-state index is 0.0196.